The minimum atomic E-state index is -0.490. The minimum absolute atomic E-state index is 0.0904. The highest BCUT2D eigenvalue weighted by molar-refractivity contribution is 7.18. The fraction of sp³-hybridized carbons (Fsp3) is 0.385. The summed E-state index contributed by atoms with van der Waals surface area (Å²) in [5.41, 5.74) is 2.85. The van der Waals surface area contributed by atoms with E-state index in [9.17, 15) is 9.59 Å². The number of rotatable bonds is 9. The molecule has 33 heavy (non-hydrogen) atoms. The largest absolute Gasteiger partial charge is 0.327 e. The van der Waals surface area contributed by atoms with E-state index in [0.717, 1.165) is 23.4 Å². The zero-order chi connectivity index (χ0) is 23.0. The van der Waals surface area contributed by atoms with Crippen molar-refractivity contribution in [2.24, 2.45) is 0 Å². The molecule has 3 aromatic rings. The molecule has 172 valence electrons. The van der Waals surface area contributed by atoms with Crippen LogP contribution < -0.4 is 5.32 Å². The van der Waals surface area contributed by atoms with Gasteiger partial charge in [0.25, 0.3) is 5.91 Å². The second kappa shape index (κ2) is 11.2. The molecule has 7 heteroatoms. The monoisotopic (exact) mass is 462 g/mol. The van der Waals surface area contributed by atoms with Gasteiger partial charge in [-0.25, -0.2) is 0 Å². The minimum Gasteiger partial charge on any atom is -0.327 e. The number of nitrogens with zero attached hydrogens (tertiary/aromatic N) is 3. The highest BCUT2D eigenvalue weighted by atomic mass is 32.1. The molecule has 0 radical (unpaired) electrons. The van der Waals surface area contributed by atoms with Crippen molar-refractivity contribution >= 4 is 28.3 Å². The molecule has 2 amide bonds. The van der Waals surface area contributed by atoms with E-state index in [4.69, 9.17) is 0 Å². The lowest BCUT2D eigenvalue weighted by Gasteiger charge is -2.23. The van der Waals surface area contributed by atoms with E-state index >= 15 is 0 Å². The first-order chi connectivity index (χ1) is 16.2. The van der Waals surface area contributed by atoms with Crippen molar-refractivity contribution in [2.75, 3.05) is 11.9 Å². The topological polar surface area (TPSA) is 75.2 Å². The van der Waals surface area contributed by atoms with Crippen LogP contribution in [0.15, 0.2) is 54.6 Å². The first-order valence-corrected chi connectivity index (χ1v) is 12.6. The van der Waals surface area contributed by atoms with Gasteiger partial charge in [-0.2, -0.15) is 0 Å². The molecule has 1 atom stereocenters. The first-order valence-electron chi connectivity index (χ1n) is 11.8. The van der Waals surface area contributed by atoms with Gasteiger partial charge in [-0.15, -0.1) is 10.2 Å². The number of benzene rings is 2. The SMILES string of the molecule is CCCCCCc1ccc(C(=O)N2CCC[C@H]2C(=O)Nc2nnc(-c3ccccc3)s2)cc1. The van der Waals surface area contributed by atoms with E-state index in [1.54, 1.807) is 4.90 Å². The highest BCUT2D eigenvalue weighted by Gasteiger charge is 2.35. The Morgan fingerprint density at radius 2 is 1.82 bits per heavy atom. The van der Waals surface area contributed by atoms with Crippen LogP contribution in [0.5, 0.6) is 0 Å². The third kappa shape index (κ3) is 5.85. The summed E-state index contributed by atoms with van der Waals surface area (Å²) >= 11 is 1.33. The Kier molecular flexibility index (Phi) is 7.83. The lowest BCUT2D eigenvalue weighted by Crippen LogP contribution is -2.43. The van der Waals surface area contributed by atoms with Crippen LogP contribution in [0.1, 0.15) is 61.4 Å². The average molecular weight is 463 g/mol. The molecule has 1 aliphatic heterocycles. The molecule has 1 fully saturated rings. The van der Waals surface area contributed by atoms with Gasteiger partial charge in [-0.05, 0) is 43.4 Å². The van der Waals surface area contributed by atoms with Gasteiger partial charge < -0.3 is 4.90 Å². The van der Waals surface area contributed by atoms with Gasteiger partial charge in [0, 0.05) is 17.7 Å². The fourth-order valence-electron chi connectivity index (χ4n) is 4.18. The molecule has 6 nitrogen and oxygen atoms in total. The van der Waals surface area contributed by atoms with Crippen LogP contribution in [-0.4, -0.2) is 39.5 Å². The molecule has 1 aliphatic rings. The maximum absolute atomic E-state index is 13.1. The molecule has 4 rings (SSSR count). The standard InChI is InChI=1S/C26H30N4O2S/c1-2-3-4-6-10-19-14-16-21(17-15-19)25(32)30-18-9-13-22(30)23(31)27-26-29-28-24(33-26)20-11-7-5-8-12-20/h5,7-8,11-12,14-17,22H,2-4,6,9-10,13,18H2,1H3,(H,27,29,31)/t22-/m0/s1. The Balaban J connectivity index is 1.36. The summed E-state index contributed by atoms with van der Waals surface area (Å²) < 4.78 is 0. The summed E-state index contributed by atoms with van der Waals surface area (Å²) in [7, 11) is 0. The number of unbranched alkanes of at least 4 members (excludes halogenated alkanes) is 3. The number of hydrogen-bond donors (Lipinski definition) is 1. The smallest absolute Gasteiger partial charge is 0.254 e. The predicted molar refractivity (Wildman–Crippen MR) is 132 cm³/mol. The average Bonchev–Trinajstić information content (AvgIpc) is 3.52. The van der Waals surface area contributed by atoms with Gasteiger partial charge >= 0.3 is 0 Å². The van der Waals surface area contributed by atoms with Crippen molar-refractivity contribution in [3.63, 3.8) is 0 Å². The predicted octanol–water partition coefficient (Wildman–Crippen LogP) is 5.57. The Morgan fingerprint density at radius 3 is 2.58 bits per heavy atom. The van der Waals surface area contributed by atoms with Gasteiger partial charge in [0.2, 0.25) is 11.0 Å². The molecule has 1 aromatic heterocycles. The summed E-state index contributed by atoms with van der Waals surface area (Å²) in [6.07, 6.45) is 7.40. The lowest BCUT2D eigenvalue weighted by molar-refractivity contribution is -0.119. The van der Waals surface area contributed by atoms with E-state index < -0.39 is 6.04 Å². The summed E-state index contributed by atoms with van der Waals surface area (Å²) in [6.45, 7) is 2.79. The molecular weight excluding hydrogens is 432 g/mol. The third-order valence-electron chi connectivity index (χ3n) is 6.01. The van der Waals surface area contributed by atoms with Crippen molar-refractivity contribution in [1.82, 2.24) is 15.1 Å². The van der Waals surface area contributed by atoms with Crippen molar-refractivity contribution in [2.45, 2.75) is 57.9 Å². The van der Waals surface area contributed by atoms with Crippen molar-refractivity contribution in [3.8, 4) is 10.6 Å². The highest BCUT2D eigenvalue weighted by Crippen LogP contribution is 2.27. The van der Waals surface area contributed by atoms with E-state index in [1.165, 1.54) is 42.6 Å². The molecule has 1 saturated heterocycles. The second-order valence-corrected chi connectivity index (χ2v) is 9.41. The Bertz CT molecular complexity index is 1070. The number of likely N-dealkylation sites (tertiary alicyclic amines) is 1. The van der Waals surface area contributed by atoms with E-state index in [0.29, 0.717) is 23.7 Å². The molecule has 0 aliphatic carbocycles. The molecule has 0 saturated carbocycles. The van der Waals surface area contributed by atoms with Crippen LogP contribution in [0.4, 0.5) is 5.13 Å². The quantitative estimate of drug-likeness (QED) is 0.422. The van der Waals surface area contributed by atoms with Gasteiger partial charge in [0.1, 0.15) is 11.0 Å². The van der Waals surface area contributed by atoms with Crippen LogP contribution >= 0.6 is 11.3 Å². The van der Waals surface area contributed by atoms with Crippen LogP contribution in [0, 0.1) is 0 Å². The molecule has 0 unspecified atom stereocenters. The molecular formula is C26H30N4O2S. The van der Waals surface area contributed by atoms with Crippen LogP contribution in [0.25, 0.3) is 10.6 Å². The summed E-state index contributed by atoms with van der Waals surface area (Å²) in [4.78, 5) is 27.8. The third-order valence-corrected chi connectivity index (χ3v) is 6.90. The molecule has 2 heterocycles. The number of nitrogens with one attached hydrogen (secondary N) is 1. The Hall–Kier alpha value is -3.06. The van der Waals surface area contributed by atoms with E-state index in [-0.39, 0.29) is 11.8 Å². The van der Waals surface area contributed by atoms with Crippen molar-refractivity contribution < 1.29 is 9.59 Å². The normalized spacial score (nSPS) is 15.5. The summed E-state index contributed by atoms with van der Waals surface area (Å²) in [5, 5.41) is 12.4. The molecule has 0 bridgehead atoms. The van der Waals surface area contributed by atoms with Crippen LogP contribution in [-0.2, 0) is 11.2 Å². The van der Waals surface area contributed by atoms with Crippen molar-refractivity contribution in [3.05, 3.63) is 65.7 Å². The Morgan fingerprint density at radius 1 is 1.03 bits per heavy atom. The number of hydrogen-bond acceptors (Lipinski definition) is 5. The zero-order valence-electron chi connectivity index (χ0n) is 19.0. The number of anilines is 1. The van der Waals surface area contributed by atoms with Crippen LogP contribution in [0.2, 0.25) is 0 Å². The van der Waals surface area contributed by atoms with E-state index in [1.807, 2.05) is 54.6 Å². The first kappa shape index (κ1) is 23.1. The zero-order valence-corrected chi connectivity index (χ0v) is 19.8. The number of carbonyl (C=O) groups is 2. The second-order valence-electron chi connectivity index (χ2n) is 8.43. The fourth-order valence-corrected chi connectivity index (χ4v) is 4.93. The number of aryl methyl sites for hydroxylation is 1. The Labute approximate surface area is 199 Å². The lowest BCUT2D eigenvalue weighted by atomic mass is 10.0. The van der Waals surface area contributed by atoms with Crippen molar-refractivity contribution in [1.29, 1.82) is 0 Å². The van der Waals surface area contributed by atoms with Gasteiger partial charge in [0.05, 0.1) is 0 Å². The number of amides is 2. The van der Waals surface area contributed by atoms with Gasteiger partial charge in [0.15, 0.2) is 0 Å². The number of aromatic nitrogens is 2. The molecule has 2 aromatic carbocycles. The maximum Gasteiger partial charge on any atom is 0.254 e. The summed E-state index contributed by atoms with van der Waals surface area (Å²) in [5.74, 6) is -0.295. The van der Waals surface area contributed by atoms with Crippen LogP contribution in [0.3, 0.4) is 0 Å². The van der Waals surface area contributed by atoms with Gasteiger partial charge in [-0.1, -0.05) is 80.0 Å². The van der Waals surface area contributed by atoms with Gasteiger partial charge in [-0.3, -0.25) is 14.9 Å². The molecule has 1 N–H and O–H groups in total. The summed E-state index contributed by atoms with van der Waals surface area (Å²) in [6, 6.07) is 17.1. The maximum atomic E-state index is 13.1. The number of carbonyl (C=O) groups excluding carboxylic acids is 2. The molecule has 0 spiro atoms. The van der Waals surface area contributed by atoms with E-state index in [2.05, 4.69) is 22.4 Å².